The van der Waals surface area contributed by atoms with Crippen LogP contribution in [-0.2, 0) is 0 Å². The molecule has 0 bridgehead atoms. The Bertz CT molecular complexity index is 392. The third-order valence-corrected chi connectivity index (χ3v) is 1.83. The molecule has 0 aliphatic rings. The minimum atomic E-state index is 0.430. The zero-order valence-electron chi connectivity index (χ0n) is 7.11. The Morgan fingerprint density at radius 3 is 2.92 bits per heavy atom. The maximum Gasteiger partial charge on any atom is 0.182 e. The Morgan fingerprint density at radius 1 is 1.33 bits per heavy atom. The largest absolute Gasteiger partial charge is 0.443 e. The molecule has 0 spiro atoms. The molecule has 3 heteroatoms. The molecular weight excluding hydrogens is 152 g/mol. The van der Waals surface area contributed by atoms with Crippen molar-refractivity contribution in [2.45, 2.75) is 19.8 Å². The van der Waals surface area contributed by atoms with Gasteiger partial charge in [-0.1, -0.05) is 13.8 Å². The van der Waals surface area contributed by atoms with Gasteiger partial charge in [0, 0.05) is 11.8 Å². The zero-order chi connectivity index (χ0) is 8.55. The first kappa shape index (κ1) is 7.28. The van der Waals surface area contributed by atoms with Crippen LogP contribution in [0.2, 0.25) is 0 Å². The Hall–Kier alpha value is -1.38. The van der Waals surface area contributed by atoms with Crippen molar-refractivity contribution in [1.29, 1.82) is 0 Å². The third-order valence-electron chi connectivity index (χ3n) is 1.83. The predicted octanol–water partition coefficient (Wildman–Crippen LogP) is 2.35. The van der Waals surface area contributed by atoms with Crippen molar-refractivity contribution in [1.82, 2.24) is 9.97 Å². The van der Waals surface area contributed by atoms with Gasteiger partial charge in [0.15, 0.2) is 12.0 Å². The molecule has 0 amide bonds. The quantitative estimate of drug-likeness (QED) is 0.646. The van der Waals surface area contributed by atoms with Crippen molar-refractivity contribution < 1.29 is 4.42 Å². The van der Waals surface area contributed by atoms with E-state index < -0.39 is 0 Å². The lowest BCUT2D eigenvalue weighted by Crippen LogP contribution is -1.90. The number of hydrogen-bond acceptors (Lipinski definition) is 3. The van der Waals surface area contributed by atoms with E-state index in [1.807, 2.05) is 6.07 Å². The van der Waals surface area contributed by atoms with Gasteiger partial charge >= 0.3 is 0 Å². The number of fused-ring (bicyclic) bond motifs is 1. The van der Waals surface area contributed by atoms with Crippen LogP contribution in [0.15, 0.2) is 23.1 Å². The Kier molecular flexibility index (Phi) is 1.57. The van der Waals surface area contributed by atoms with Crippen molar-refractivity contribution in [2.24, 2.45) is 0 Å². The average Bonchev–Trinajstić information content (AvgIpc) is 2.49. The summed E-state index contributed by atoms with van der Waals surface area (Å²) in [5, 5.41) is 0. The van der Waals surface area contributed by atoms with Crippen LogP contribution >= 0.6 is 0 Å². The monoisotopic (exact) mass is 162 g/mol. The molecule has 0 aliphatic heterocycles. The molecule has 0 fully saturated rings. The first-order valence-corrected chi connectivity index (χ1v) is 3.96. The second-order valence-electron chi connectivity index (χ2n) is 3.08. The van der Waals surface area contributed by atoms with Gasteiger partial charge in [-0.05, 0) is 5.92 Å². The predicted molar refractivity (Wildman–Crippen MR) is 45.9 cm³/mol. The van der Waals surface area contributed by atoms with Crippen molar-refractivity contribution >= 4 is 11.1 Å². The van der Waals surface area contributed by atoms with Crippen molar-refractivity contribution in [2.75, 3.05) is 0 Å². The van der Waals surface area contributed by atoms with E-state index in [0.717, 1.165) is 16.8 Å². The van der Waals surface area contributed by atoms with Gasteiger partial charge in [0.25, 0.3) is 0 Å². The summed E-state index contributed by atoms with van der Waals surface area (Å²) in [4.78, 5) is 8.25. The number of hydrogen-bond donors (Lipinski definition) is 0. The molecule has 0 saturated carbocycles. The number of rotatable bonds is 1. The minimum Gasteiger partial charge on any atom is -0.443 e. The lowest BCUT2D eigenvalue weighted by Gasteiger charge is -2.01. The molecule has 2 aromatic heterocycles. The molecule has 2 heterocycles. The molecule has 0 unspecified atom stereocenters. The molecule has 62 valence electrons. The molecule has 0 aliphatic carbocycles. The lowest BCUT2D eigenvalue weighted by molar-refractivity contribution is 0.600. The molecule has 3 nitrogen and oxygen atoms in total. The normalized spacial score (nSPS) is 11.2. The van der Waals surface area contributed by atoms with Crippen LogP contribution in [0.5, 0.6) is 0 Å². The summed E-state index contributed by atoms with van der Waals surface area (Å²) < 4.78 is 5.16. The summed E-state index contributed by atoms with van der Waals surface area (Å²) in [5.74, 6) is 0.430. The first-order chi connectivity index (χ1) is 5.77. The zero-order valence-corrected chi connectivity index (χ0v) is 7.11. The first-order valence-electron chi connectivity index (χ1n) is 3.96. The van der Waals surface area contributed by atoms with Gasteiger partial charge in [0.1, 0.15) is 5.52 Å². The number of pyridine rings is 1. The maximum absolute atomic E-state index is 5.16. The lowest BCUT2D eigenvalue weighted by atomic mass is 10.1. The van der Waals surface area contributed by atoms with Gasteiger partial charge in [-0.2, -0.15) is 0 Å². The summed E-state index contributed by atoms with van der Waals surface area (Å²) in [5.41, 5.74) is 2.67. The van der Waals surface area contributed by atoms with E-state index >= 15 is 0 Å². The summed E-state index contributed by atoms with van der Waals surface area (Å²) in [6.45, 7) is 4.20. The Balaban J connectivity index is 2.60. The minimum absolute atomic E-state index is 0.430. The summed E-state index contributed by atoms with van der Waals surface area (Å²) in [7, 11) is 0. The van der Waals surface area contributed by atoms with E-state index in [4.69, 9.17) is 4.42 Å². The van der Waals surface area contributed by atoms with Crippen molar-refractivity contribution in [3.8, 4) is 0 Å². The SMILES string of the molecule is CC(C)c1cc2ocnc2cn1. The fourth-order valence-corrected chi connectivity index (χ4v) is 1.09. The van der Waals surface area contributed by atoms with Crippen molar-refractivity contribution in [3.63, 3.8) is 0 Å². The Morgan fingerprint density at radius 2 is 2.17 bits per heavy atom. The van der Waals surface area contributed by atoms with E-state index in [1.54, 1.807) is 6.20 Å². The summed E-state index contributed by atoms with van der Waals surface area (Å²) in [6, 6.07) is 1.94. The van der Waals surface area contributed by atoms with Crippen LogP contribution in [0.3, 0.4) is 0 Å². The van der Waals surface area contributed by atoms with Gasteiger partial charge < -0.3 is 4.42 Å². The smallest absolute Gasteiger partial charge is 0.182 e. The molecule has 0 aromatic carbocycles. The topological polar surface area (TPSA) is 38.9 Å². The van der Waals surface area contributed by atoms with Gasteiger partial charge in [-0.25, -0.2) is 4.98 Å². The van der Waals surface area contributed by atoms with E-state index in [2.05, 4.69) is 23.8 Å². The van der Waals surface area contributed by atoms with E-state index in [1.165, 1.54) is 6.39 Å². The summed E-state index contributed by atoms with van der Waals surface area (Å²) >= 11 is 0. The van der Waals surface area contributed by atoms with E-state index in [9.17, 15) is 0 Å². The molecule has 0 N–H and O–H groups in total. The van der Waals surface area contributed by atoms with Crippen LogP contribution < -0.4 is 0 Å². The summed E-state index contributed by atoms with van der Waals surface area (Å²) in [6.07, 6.45) is 3.19. The highest BCUT2D eigenvalue weighted by atomic mass is 16.3. The highest BCUT2D eigenvalue weighted by Crippen LogP contribution is 2.17. The van der Waals surface area contributed by atoms with Gasteiger partial charge in [0.2, 0.25) is 0 Å². The van der Waals surface area contributed by atoms with Gasteiger partial charge in [0.05, 0.1) is 6.20 Å². The molecular formula is C9H10N2O. The maximum atomic E-state index is 5.16. The van der Waals surface area contributed by atoms with Gasteiger partial charge in [-0.3, -0.25) is 4.98 Å². The number of nitrogens with zero attached hydrogens (tertiary/aromatic N) is 2. The fourth-order valence-electron chi connectivity index (χ4n) is 1.09. The molecule has 0 saturated heterocycles. The standard InChI is InChI=1S/C9H10N2O/c1-6(2)7-3-9-8(4-10-7)11-5-12-9/h3-6H,1-2H3. The van der Waals surface area contributed by atoms with E-state index in [-0.39, 0.29) is 0 Å². The highest BCUT2D eigenvalue weighted by molar-refractivity contribution is 5.71. The van der Waals surface area contributed by atoms with Crippen LogP contribution in [-0.4, -0.2) is 9.97 Å². The molecule has 0 atom stereocenters. The number of oxazole rings is 1. The second kappa shape index (κ2) is 2.59. The fraction of sp³-hybridized carbons (Fsp3) is 0.333. The van der Waals surface area contributed by atoms with Crippen LogP contribution in [0.4, 0.5) is 0 Å². The number of aromatic nitrogens is 2. The molecule has 0 radical (unpaired) electrons. The highest BCUT2D eigenvalue weighted by Gasteiger charge is 2.04. The molecule has 2 aromatic rings. The Labute approximate surface area is 70.4 Å². The van der Waals surface area contributed by atoms with Crippen LogP contribution in [0, 0.1) is 0 Å². The second-order valence-corrected chi connectivity index (χ2v) is 3.08. The van der Waals surface area contributed by atoms with Gasteiger partial charge in [-0.15, -0.1) is 0 Å². The third kappa shape index (κ3) is 1.07. The van der Waals surface area contributed by atoms with Crippen molar-refractivity contribution in [3.05, 3.63) is 24.4 Å². The van der Waals surface area contributed by atoms with Crippen LogP contribution in [0.1, 0.15) is 25.5 Å². The molecule has 12 heavy (non-hydrogen) atoms. The average molecular weight is 162 g/mol. The van der Waals surface area contributed by atoms with Crippen LogP contribution in [0.25, 0.3) is 11.1 Å². The molecule has 2 rings (SSSR count). The van der Waals surface area contributed by atoms with E-state index in [0.29, 0.717) is 5.92 Å².